The van der Waals surface area contributed by atoms with Crippen LogP contribution in [-0.2, 0) is 4.74 Å². The zero-order chi connectivity index (χ0) is 11.6. The Morgan fingerprint density at radius 2 is 2.20 bits per heavy atom. The number of hydrogen-bond donors (Lipinski definition) is 1. The number of ether oxygens (including phenoxy) is 1. The lowest BCUT2D eigenvalue weighted by Gasteiger charge is -2.06. The molecule has 1 unspecified atom stereocenters. The maximum Gasteiger partial charge on any atom is 0.340 e. The first-order chi connectivity index (χ1) is 7.02. The highest BCUT2D eigenvalue weighted by atomic mass is 79.9. The lowest BCUT2D eigenvalue weighted by Crippen LogP contribution is -2.02. The van der Waals surface area contributed by atoms with Crippen molar-refractivity contribution in [3.63, 3.8) is 0 Å². The van der Waals surface area contributed by atoms with Crippen molar-refractivity contribution in [3.8, 4) is 0 Å². The minimum atomic E-state index is -0.301. The molecule has 0 aliphatic carbocycles. The first kappa shape index (κ1) is 12.3. The maximum absolute atomic E-state index is 11.5. The molecule has 0 spiro atoms. The van der Waals surface area contributed by atoms with Crippen LogP contribution in [0.3, 0.4) is 0 Å². The molecule has 1 N–H and O–H groups in total. The average molecular weight is 274 g/mol. The molecule has 0 radical (unpaired) electrons. The van der Waals surface area contributed by atoms with Gasteiger partial charge in [0.1, 0.15) is 0 Å². The zero-order valence-electron chi connectivity index (χ0n) is 9.48. The van der Waals surface area contributed by atoms with E-state index in [0.717, 1.165) is 22.3 Å². The highest BCUT2D eigenvalue weighted by Gasteiger charge is 2.21. The van der Waals surface area contributed by atoms with E-state index in [2.05, 4.69) is 34.8 Å². The second-order valence-electron chi connectivity index (χ2n) is 3.65. The van der Waals surface area contributed by atoms with Crippen molar-refractivity contribution in [3.05, 3.63) is 21.4 Å². The number of carbonyl (C=O) groups is 1. The molecular formula is C11H16BrNO2. The van der Waals surface area contributed by atoms with E-state index in [1.165, 1.54) is 7.11 Å². The number of methoxy groups -OCH3 is 1. The number of H-pyrrole nitrogens is 1. The summed E-state index contributed by atoms with van der Waals surface area (Å²) < 4.78 is 5.57. The fraction of sp³-hybridized carbons (Fsp3) is 0.545. The Hall–Kier alpha value is -0.770. The summed E-state index contributed by atoms with van der Waals surface area (Å²) in [6.07, 6.45) is 1.03. The van der Waals surface area contributed by atoms with Gasteiger partial charge in [0.25, 0.3) is 0 Å². The SMILES string of the molecule is CCC(C)c1[nH]c(C)c(C(=O)OC)c1Br. The Kier molecular flexibility index (Phi) is 3.97. The number of carbonyl (C=O) groups excluding carboxylic acids is 1. The molecule has 0 amide bonds. The van der Waals surface area contributed by atoms with Crippen molar-refractivity contribution in [2.75, 3.05) is 7.11 Å². The molecule has 1 aromatic heterocycles. The van der Waals surface area contributed by atoms with Crippen molar-refractivity contribution in [2.24, 2.45) is 0 Å². The molecule has 4 heteroatoms. The van der Waals surface area contributed by atoms with Gasteiger partial charge >= 0.3 is 5.97 Å². The summed E-state index contributed by atoms with van der Waals surface area (Å²) >= 11 is 3.45. The fourth-order valence-corrected chi connectivity index (χ4v) is 2.46. The number of halogens is 1. The lowest BCUT2D eigenvalue weighted by atomic mass is 10.1. The highest BCUT2D eigenvalue weighted by molar-refractivity contribution is 9.10. The summed E-state index contributed by atoms with van der Waals surface area (Å²) in [5.74, 6) is 0.0988. The molecule has 0 aliphatic rings. The van der Waals surface area contributed by atoms with Gasteiger partial charge in [-0.05, 0) is 35.2 Å². The first-order valence-electron chi connectivity index (χ1n) is 4.99. The van der Waals surface area contributed by atoms with Gasteiger partial charge < -0.3 is 9.72 Å². The second kappa shape index (κ2) is 4.84. The zero-order valence-corrected chi connectivity index (χ0v) is 11.1. The molecular weight excluding hydrogens is 258 g/mol. The van der Waals surface area contributed by atoms with Gasteiger partial charge in [-0.3, -0.25) is 0 Å². The minimum Gasteiger partial charge on any atom is -0.465 e. The van der Waals surface area contributed by atoms with Crippen molar-refractivity contribution >= 4 is 21.9 Å². The number of nitrogens with one attached hydrogen (secondary N) is 1. The van der Waals surface area contributed by atoms with Gasteiger partial charge in [-0.25, -0.2) is 4.79 Å². The Bertz CT molecular complexity index is 371. The standard InChI is InChI=1S/C11H16BrNO2/c1-5-6(2)10-9(12)8(7(3)13-10)11(14)15-4/h6,13H,5H2,1-4H3. The van der Waals surface area contributed by atoms with Crippen LogP contribution >= 0.6 is 15.9 Å². The maximum atomic E-state index is 11.5. The van der Waals surface area contributed by atoms with Gasteiger partial charge in [0, 0.05) is 11.4 Å². The number of aromatic amines is 1. The van der Waals surface area contributed by atoms with E-state index in [0.29, 0.717) is 11.5 Å². The molecule has 84 valence electrons. The van der Waals surface area contributed by atoms with Gasteiger partial charge in [0.05, 0.1) is 17.1 Å². The Labute approximate surface area is 98.3 Å². The van der Waals surface area contributed by atoms with E-state index in [4.69, 9.17) is 4.74 Å². The van der Waals surface area contributed by atoms with Crippen LogP contribution in [0.1, 0.15) is 47.9 Å². The van der Waals surface area contributed by atoms with Crippen molar-refractivity contribution in [2.45, 2.75) is 33.1 Å². The monoisotopic (exact) mass is 273 g/mol. The van der Waals surface area contributed by atoms with Gasteiger partial charge in [0.15, 0.2) is 0 Å². The molecule has 1 rings (SSSR count). The Balaban J connectivity index is 3.20. The summed E-state index contributed by atoms with van der Waals surface area (Å²) in [4.78, 5) is 14.7. The molecule has 0 saturated heterocycles. The van der Waals surface area contributed by atoms with Crippen LogP contribution in [0.5, 0.6) is 0 Å². The number of aryl methyl sites for hydroxylation is 1. The summed E-state index contributed by atoms with van der Waals surface area (Å²) in [6, 6.07) is 0. The highest BCUT2D eigenvalue weighted by Crippen LogP contribution is 2.31. The predicted molar refractivity (Wildman–Crippen MR) is 63.3 cm³/mol. The Morgan fingerprint density at radius 3 is 2.67 bits per heavy atom. The average Bonchev–Trinajstić information content (AvgIpc) is 2.52. The predicted octanol–water partition coefficient (Wildman–Crippen LogP) is 3.39. The van der Waals surface area contributed by atoms with Crippen LogP contribution in [0.15, 0.2) is 4.47 Å². The second-order valence-corrected chi connectivity index (χ2v) is 4.45. The largest absolute Gasteiger partial charge is 0.465 e. The van der Waals surface area contributed by atoms with Gasteiger partial charge in [-0.15, -0.1) is 0 Å². The van der Waals surface area contributed by atoms with E-state index < -0.39 is 0 Å². The molecule has 1 aromatic rings. The Morgan fingerprint density at radius 1 is 1.60 bits per heavy atom. The smallest absolute Gasteiger partial charge is 0.340 e. The molecule has 1 heterocycles. The fourth-order valence-electron chi connectivity index (χ4n) is 1.51. The molecule has 0 aromatic carbocycles. The van der Waals surface area contributed by atoms with E-state index in [9.17, 15) is 4.79 Å². The number of hydrogen-bond acceptors (Lipinski definition) is 2. The third-order valence-corrected chi connectivity index (χ3v) is 3.47. The van der Waals surface area contributed by atoms with Crippen LogP contribution in [0.2, 0.25) is 0 Å². The van der Waals surface area contributed by atoms with Crippen LogP contribution < -0.4 is 0 Å². The number of aromatic nitrogens is 1. The van der Waals surface area contributed by atoms with E-state index in [1.54, 1.807) is 0 Å². The lowest BCUT2D eigenvalue weighted by molar-refractivity contribution is 0.0599. The van der Waals surface area contributed by atoms with Crippen molar-refractivity contribution in [1.82, 2.24) is 4.98 Å². The summed E-state index contributed by atoms with van der Waals surface area (Å²) in [5, 5.41) is 0. The quantitative estimate of drug-likeness (QED) is 0.858. The van der Waals surface area contributed by atoms with Crippen LogP contribution in [0.4, 0.5) is 0 Å². The third-order valence-electron chi connectivity index (χ3n) is 2.65. The summed E-state index contributed by atoms with van der Waals surface area (Å²) in [6.45, 7) is 6.12. The summed E-state index contributed by atoms with van der Waals surface area (Å²) in [5.41, 5.74) is 2.52. The minimum absolute atomic E-state index is 0.301. The molecule has 0 bridgehead atoms. The summed E-state index contributed by atoms with van der Waals surface area (Å²) in [7, 11) is 1.39. The van der Waals surface area contributed by atoms with Gasteiger partial charge in [0.2, 0.25) is 0 Å². The van der Waals surface area contributed by atoms with E-state index >= 15 is 0 Å². The third kappa shape index (κ3) is 2.25. The molecule has 0 aliphatic heterocycles. The van der Waals surface area contributed by atoms with E-state index in [-0.39, 0.29) is 5.97 Å². The van der Waals surface area contributed by atoms with Crippen molar-refractivity contribution < 1.29 is 9.53 Å². The van der Waals surface area contributed by atoms with Gasteiger partial charge in [-0.1, -0.05) is 13.8 Å². The van der Waals surface area contributed by atoms with Crippen LogP contribution in [-0.4, -0.2) is 18.1 Å². The normalized spacial score (nSPS) is 12.6. The number of rotatable bonds is 3. The van der Waals surface area contributed by atoms with Crippen LogP contribution in [0.25, 0.3) is 0 Å². The number of esters is 1. The topological polar surface area (TPSA) is 42.1 Å². The first-order valence-corrected chi connectivity index (χ1v) is 5.78. The molecule has 0 saturated carbocycles. The van der Waals surface area contributed by atoms with Crippen molar-refractivity contribution in [1.29, 1.82) is 0 Å². The van der Waals surface area contributed by atoms with E-state index in [1.807, 2.05) is 6.92 Å². The van der Waals surface area contributed by atoms with Crippen LogP contribution in [0, 0.1) is 6.92 Å². The van der Waals surface area contributed by atoms with Gasteiger partial charge in [-0.2, -0.15) is 0 Å². The molecule has 3 nitrogen and oxygen atoms in total. The molecule has 0 fully saturated rings. The molecule has 15 heavy (non-hydrogen) atoms. The molecule has 1 atom stereocenters.